The lowest BCUT2D eigenvalue weighted by molar-refractivity contribution is -0.148. The van der Waals surface area contributed by atoms with Gasteiger partial charge >= 0.3 is 0 Å². The van der Waals surface area contributed by atoms with Crippen LogP contribution in [0.3, 0.4) is 0 Å². The third kappa shape index (κ3) is 3.02. The Hall–Kier alpha value is -4.09. The van der Waals surface area contributed by atoms with Crippen LogP contribution in [0.25, 0.3) is 11.4 Å². The number of hydrogen-bond acceptors (Lipinski definition) is 10. The largest absolute Gasteiger partial charge is 0.510 e. The number of nitrogens with zero attached hydrogens (tertiary/aromatic N) is 3. The first-order chi connectivity index (χ1) is 17.0. The van der Waals surface area contributed by atoms with Crippen LogP contribution < -0.4 is 5.73 Å². The molecule has 1 amide bonds. The molecule has 4 atom stereocenters. The van der Waals surface area contributed by atoms with E-state index in [9.17, 15) is 34.8 Å². The topological polar surface area (TPSA) is 187 Å². The summed E-state index contributed by atoms with van der Waals surface area (Å²) in [7, 11) is 3.16. The predicted octanol–water partition coefficient (Wildman–Crippen LogP) is 0.578. The second-order valence-corrected chi connectivity index (χ2v) is 9.52. The van der Waals surface area contributed by atoms with Gasteiger partial charge in [0.25, 0.3) is 5.91 Å². The van der Waals surface area contributed by atoms with Gasteiger partial charge in [-0.15, -0.1) is 0 Å². The average molecular weight is 492 g/mol. The summed E-state index contributed by atoms with van der Waals surface area (Å²) in [5.41, 5.74) is 2.53. The number of aliphatic hydroxyl groups is 3. The number of primary amides is 1. The van der Waals surface area contributed by atoms with E-state index in [4.69, 9.17) is 5.73 Å². The lowest BCUT2D eigenvalue weighted by Gasteiger charge is -2.50. The molecule has 4 unspecified atom stereocenters. The molecule has 3 aliphatic rings. The van der Waals surface area contributed by atoms with Crippen molar-refractivity contribution in [1.82, 2.24) is 14.9 Å². The Bertz CT molecular complexity index is 1400. The molecular formula is C25H24N4O7. The number of aliphatic hydroxyl groups excluding tert-OH is 2. The van der Waals surface area contributed by atoms with Gasteiger partial charge in [0.2, 0.25) is 5.78 Å². The van der Waals surface area contributed by atoms with Crippen molar-refractivity contribution in [3.63, 3.8) is 0 Å². The van der Waals surface area contributed by atoms with E-state index in [0.29, 0.717) is 17.0 Å². The Kier molecular flexibility index (Phi) is 5.23. The number of likely N-dealkylation sites (N-methyl/N-ethyl adjacent to an activating group) is 1. The van der Waals surface area contributed by atoms with E-state index in [0.717, 1.165) is 0 Å². The molecule has 3 aliphatic carbocycles. The number of nitrogens with two attached hydrogens (primary N) is 1. The minimum atomic E-state index is -2.67. The number of hydrogen-bond donors (Lipinski definition) is 5. The van der Waals surface area contributed by atoms with E-state index in [1.165, 1.54) is 11.0 Å². The summed E-state index contributed by atoms with van der Waals surface area (Å²) < 4.78 is 0. The van der Waals surface area contributed by atoms with Crippen molar-refractivity contribution >= 4 is 17.5 Å². The Morgan fingerprint density at radius 1 is 1.14 bits per heavy atom. The maximum Gasteiger partial charge on any atom is 0.255 e. The molecule has 0 bridgehead atoms. The van der Waals surface area contributed by atoms with Crippen LogP contribution in [0.5, 0.6) is 5.75 Å². The van der Waals surface area contributed by atoms with Crippen molar-refractivity contribution in [2.75, 3.05) is 14.1 Å². The molecule has 1 aromatic carbocycles. The van der Waals surface area contributed by atoms with E-state index in [-0.39, 0.29) is 29.7 Å². The first-order valence-corrected chi connectivity index (χ1v) is 11.3. The highest BCUT2D eigenvalue weighted by Gasteiger charge is 2.63. The van der Waals surface area contributed by atoms with Gasteiger partial charge < -0.3 is 26.2 Å². The maximum absolute atomic E-state index is 13.7. The fourth-order valence-corrected chi connectivity index (χ4v) is 5.90. The summed E-state index contributed by atoms with van der Waals surface area (Å²) in [6.07, 6.45) is 3.27. The van der Waals surface area contributed by atoms with Crippen LogP contribution in [-0.2, 0) is 16.0 Å². The Labute approximate surface area is 205 Å². The second-order valence-electron chi connectivity index (χ2n) is 9.52. The number of benzene rings is 1. The van der Waals surface area contributed by atoms with Gasteiger partial charge in [0.1, 0.15) is 22.8 Å². The number of phenols is 1. The number of aromatic hydroxyl groups is 1. The molecule has 36 heavy (non-hydrogen) atoms. The highest BCUT2D eigenvalue weighted by Crippen LogP contribution is 2.52. The zero-order valence-electron chi connectivity index (χ0n) is 19.5. The summed E-state index contributed by atoms with van der Waals surface area (Å²) >= 11 is 0. The zero-order chi connectivity index (χ0) is 26.1. The van der Waals surface area contributed by atoms with Crippen molar-refractivity contribution in [2.24, 2.45) is 17.6 Å². The average Bonchev–Trinajstić information content (AvgIpc) is 2.81. The van der Waals surface area contributed by atoms with Crippen molar-refractivity contribution in [3.05, 3.63) is 64.4 Å². The van der Waals surface area contributed by atoms with Gasteiger partial charge in [0.05, 0.1) is 11.6 Å². The number of rotatable bonds is 3. The first-order valence-electron chi connectivity index (χ1n) is 11.3. The standard InChI is InChI=1S/C25H24N4O7/c1-29(2)18-13-9-10-8-12-11(24-27-6-3-7-28-24)4-5-14(30)16(12)19(31)15(10)21(33)25(13,36)22(34)17(20(18)32)23(26)35/h3-7,10,13,18,30,32-33,36H,8-9H2,1-2H3,(H2,26,35). The van der Waals surface area contributed by atoms with Crippen LogP contribution in [0, 0.1) is 11.8 Å². The summed E-state index contributed by atoms with van der Waals surface area (Å²) in [6.45, 7) is 0. The normalized spacial score (nSPS) is 27.6. The van der Waals surface area contributed by atoms with Crippen LogP contribution in [0.4, 0.5) is 0 Å². The molecule has 0 saturated carbocycles. The Balaban J connectivity index is 1.73. The molecule has 0 fully saturated rings. The third-order valence-corrected chi connectivity index (χ3v) is 7.41. The number of Topliss-reactive ketones (excluding diaryl/α,β-unsaturated/α-hetero) is 2. The smallest absolute Gasteiger partial charge is 0.255 e. The number of phenolic OH excluding ortho intramolecular Hbond substituents is 1. The van der Waals surface area contributed by atoms with Crippen LogP contribution in [0.1, 0.15) is 22.3 Å². The summed E-state index contributed by atoms with van der Waals surface area (Å²) in [5.74, 6) is -6.54. The number of carbonyl (C=O) groups is 3. The van der Waals surface area contributed by atoms with Crippen molar-refractivity contribution in [2.45, 2.75) is 24.5 Å². The molecule has 0 saturated heterocycles. The second kappa shape index (κ2) is 7.97. The van der Waals surface area contributed by atoms with E-state index in [1.807, 2.05) is 0 Å². The number of aromatic nitrogens is 2. The molecule has 11 nitrogen and oxygen atoms in total. The first kappa shape index (κ1) is 23.6. The van der Waals surface area contributed by atoms with Gasteiger partial charge in [-0.3, -0.25) is 19.3 Å². The molecule has 6 N–H and O–H groups in total. The van der Waals surface area contributed by atoms with Gasteiger partial charge in [-0.25, -0.2) is 9.97 Å². The number of carbonyl (C=O) groups excluding carboxylic acids is 3. The van der Waals surface area contributed by atoms with E-state index < -0.39 is 58.0 Å². The van der Waals surface area contributed by atoms with E-state index in [1.54, 1.807) is 38.6 Å². The summed E-state index contributed by atoms with van der Waals surface area (Å²) in [5, 5.41) is 44.3. The van der Waals surface area contributed by atoms with Crippen LogP contribution >= 0.6 is 0 Å². The number of allylic oxidation sites excluding steroid dienone is 1. The fourth-order valence-electron chi connectivity index (χ4n) is 5.90. The number of amides is 1. The maximum atomic E-state index is 13.7. The quantitative estimate of drug-likeness (QED) is 0.379. The van der Waals surface area contributed by atoms with Gasteiger partial charge in [0.15, 0.2) is 17.2 Å². The minimum Gasteiger partial charge on any atom is -0.510 e. The monoisotopic (exact) mass is 492 g/mol. The Morgan fingerprint density at radius 2 is 1.81 bits per heavy atom. The molecule has 5 rings (SSSR count). The predicted molar refractivity (Wildman–Crippen MR) is 125 cm³/mol. The van der Waals surface area contributed by atoms with Crippen molar-refractivity contribution in [3.8, 4) is 17.1 Å². The van der Waals surface area contributed by atoms with Gasteiger partial charge in [0, 0.05) is 29.4 Å². The summed E-state index contributed by atoms with van der Waals surface area (Å²) in [4.78, 5) is 49.0. The molecule has 0 spiro atoms. The minimum absolute atomic E-state index is 0.0104. The molecule has 1 aromatic heterocycles. The lowest BCUT2D eigenvalue weighted by atomic mass is 9.58. The van der Waals surface area contributed by atoms with Gasteiger partial charge in [-0.1, -0.05) is 0 Å². The number of fused-ring (bicyclic) bond motifs is 3. The molecular weight excluding hydrogens is 468 g/mol. The van der Waals surface area contributed by atoms with Crippen molar-refractivity contribution < 1.29 is 34.8 Å². The van der Waals surface area contributed by atoms with E-state index in [2.05, 4.69) is 9.97 Å². The van der Waals surface area contributed by atoms with Crippen LogP contribution in [0.2, 0.25) is 0 Å². The summed E-state index contributed by atoms with van der Waals surface area (Å²) in [6, 6.07) is 3.52. The molecule has 186 valence electrons. The van der Waals surface area contributed by atoms with Gasteiger partial charge in [-0.2, -0.15) is 0 Å². The van der Waals surface area contributed by atoms with E-state index >= 15 is 0 Å². The SMILES string of the molecule is CN(C)C1C(O)=C(C(N)=O)C(=O)C2(O)C(O)=C3C(=O)c4c(O)ccc(-c5ncccn5)c4CC3CC12. The molecule has 0 radical (unpaired) electrons. The highest BCUT2D eigenvalue weighted by atomic mass is 16.3. The molecule has 0 aliphatic heterocycles. The van der Waals surface area contributed by atoms with Crippen molar-refractivity contribution in [1.29, 1.82) is 0 Å². The lowest BCUT2D eigenvalue weighted by Crippen LogP contribution is -2.63. The number of ketones is 2. The van der Waals surface area contributed by atoms with Gasteiger partial charge in [-0.05, 0) is 56.6 Å². The highest BCUT2D eigenvalue weighted by molar-refractivity contribution is 6.24. The molecule has 2 aromatic rings. The Morgan fingerprint density at radius 3 is 2.42 bits per heavy atom. The fraction of sp³-hybridized carbons (Fsp3) is 0.320. The molecule has 11 heteroatoms. The van der Waals surface area contributed by atoms with Crippen LogP contribution in [0.15, 0.2) is 53.3 Å². The van der Waals surface area contributed by atoms with Crippen LogP contribution in [-0.4, -0.2) is 78.5 Å². The molecule has 1 heterocycles. The third-order valence-electron chi connectivity index (χ3n) is 7.41. The zero-order valence-corrected chi connectivity index (χ0v) is 19.5.